The van der Waals surface area contributed by atoms with Crippen LogP contribution in [0, 0.1) is 17.8 Å². The number of esters is 1. The Morgan fingerprint density at radius 1 is 1.38 bits per heavy atom. The zero-order valence-corrected chi connectivity index (χ0v) is 19.2. The van der Waals surface area contributed by atoms with E-state index in [-0.39, 0.29) is 25.0 Å². The van der Waals surface area contributed by atoms with E-state index >= 15 is 0 Å². The topological polar surface area (TPSA) is 105 Å². The first kappa shape index (κ1) is 23.0. The van der Waals surface area contributed by atoms with Crippen molar-refractivity contribution in [3.63, 3.8) is 0 Å². The maximum absolute atomic E-state index is 13.8. The van der Waals surface area contributed by atoms with Crippen LogP contribution < -0.4 is 5.32 Å². The number of ether oxygens (including phenoxy) is 2. The van der Waals surface area contributed by atoms with Crippen molar-refractivity contribution in [3.8, 4) is 0 Å². The molecule has 2 bridgehead atoms. The molecule has 0 aromatic heterocycles. The number of para-hydroxylation sites is 1. The molecule has 8 nitrogen and oxygen atoms in total. The van der Waals surface area contributed by atoms with Crippen LogP contribution in [0.4, 0.5) is 5.69 Å². The molecule has 32 heavy (non-hydrogen) atoms. The fourth-order valence-corrected chi connectivity index (χ4v) is 5.82. The number of carbonyl (C=O) groups excluding carboxylic acids is 3. The van der Waals surface area contributed by atoms with Crippen LogP contribution in [0.5, 0.6) is 0 Å². The number of likely N-dealkylation sites (tertiary alicyclic amines) is 1. The van der Waals surface area contributed by atoms with Gasteiger partial charge in [-0.25, -0.2) is 0 Å². The molecular formula is C23H29ClN2O6. The van der Waals surface area contributed by atoms with E-state index in [0.717, 1.165) is 0 Å². The second-order valence-corrected chi connectivity index (χ2v) is 9.42. The van der Waals surface area contributed by atoms with E-state index < -0.39 is 47.5 Å². The molecule has 0 aliphatic carbocycles. The fraction of sp³-hybridized carbons (Fsp3) is 0.609. The van der Waals surface area contributed by atoms with Crippen LogP contribution in [0.25, 0.3) is 0 Å². The zero-order valence-electron chi connectivity index (χ0n) is 18.4. The predicted molar refractivity (Wildman–Crippen MR) is 117 cm³/mol. The molecule has 1 spiro atoms. The SMILES string of the molecule is CCOC(=O)[C@@H]1[C@H]2C(=O)N([C@@H](CO)C(C)C)C(C(=O)Nc3ccccc3Cl)C23CC[C@H]1O3. The summed E-state index contributed by atoms with van der Waals surface area (Å²) in [7, 11) is 0. The highest BCUT2D eigenvalue weighted by Gasteiger charge is 2.75. The van der Waals surface area contributed by atoms with E-state index in [1.807, 2.05) is 13.8 Å². The maximum atomic E-state index is 13.8. The van der Waals surface area contributed by atoms with Crippen molar-refractivity contribution in [2.45, 2.75) is 57.4 Å². The first-order valence-corrected chi connectivity index (χ1v) is 11.5. The van der Waals surface area contributed by atoms with Gasteiger partial charge in [0.05, 0.1) is 47.9 Å². The molecule has 2 N–H and O–H groups in total. The number of nitrogens with zero attached hydrogens (tertiary/aromatic N) is 1. The van der Waals surface area contributed by atoms with Crippen LogP contribution in [0.15, 0.2) is 24.3 Å². The number of halogens is 1. The minimum atomic E-state index is -1.15. The number of benzene rings is 1. The molecule has 3 fully saturated rings. The summed E-state index contributed by atoms with van der Waals surface area (Å²) in [6.07, 6.45) is 0.562. The summed E-state index contributed by atoms with van der Waals surface area (Å²) in [4.78, 5) is 41.6. The second-order valence-electron chi connectivity index (χ2n) is 9.02. The average molecular weight is 465 g/mol. The third kappa shape index (κ3) is 3.40. The molecule has 2 unspecified atom stereocenters. The monoisotopic (exact) mass is 464 g/mol. The number of carbonyl (C=O) groups is 3. The van der Waals surface area contributed by atoms with E-state index in [1.54, 1.807) is 31.2 Å². The number of rotatable bonds is 7. The zero-order chi connectivity index (χ0) is 23.2. The minimum Gasteiger partial charge on any atom is -0.466 e. The van der Waals surface area contributed by atoms with E-state index in [0.29, 0.717) is 23.6 Å². The standard InChI is InChI=1S/C23H29ClN2O6/c1-4-31-22(30)17-16-9-10-23(32-16)18(17)21(29)26(15(11-27)12(2)3)19(23)20(28)25-14-8-6-5-7-13(14)24/h5-8,12,15-19,27H,4,9-11H2,1-3H3,(H,25,28)/t15-,16+,17-,18-,19?,23?/m0/s1. The van der Waals surface area contributed by atoms with Crippen LogP contribution >= 0.6 is 11.6 Å². The number of fused-ring (bicyclic) bond motifs is 1. The van der Waals surface area contributed by atoms with E-state index in [2.05, 4.69) is 5.32 Å². The van der Waals surface area contributed by atoms with Gasteiger partial charge in [0.25, 0.3) is 0 Å². The Labute approximate surface area is 192 Å². The van der Waals surface area contributed by atoms with E-state index in [9.17, 15) is 19.5 Å². The van der Waals surface area contributed by atoms with Crippen molar-refractivity contribution in [1.29, 1.82) is 0 Å². The van der Waals surface area contributed by atoms with Crippen molar-refractivity contribution >= 4 is 35.1 Å². The molecule has 3 aliphatic heterocycles. The van der Waals surface area contributed by atoms with Crippen molar-refractivity contribution in [2.75, 3.05) is 18.5 Å². The molecule has 1 aromatic carbocycles. The van der Waals surface area contributed by atoms with Gasteiger partial charge in [-0.2, -0.15) is 0 Å². The summed E-state index contributed by atoms with van der Waals surface area (Å²) in [5.41, 5.74) is -0.724. The lowest BCUT2D eigenvalue weighted by atomic mass is 9.70. The quantitative estimate of drug-likeness (QED) is 0.599. The van der Waals surface area contributed by atoms with E-state index in [4.69, 9.17) is 21.1 Å². The Hall–Kier alpha value is -2.16. The third-order valence-corrected chi connectivity index (χ3v) is 7.32. The number of amides is 2. The molecule has 174 valence electrons. The highest BCUT2D eigenvalue weighted by atomic mass is 35.5. The number of aliphatic hydroxyl groups is 1. The average Bonchev–Trinajstić information content (AvgIpc) is 3.38. The smallest absolute Gasteiger partial charge is 0.312 e. The highest BCUT2D eigenvalue weighted by Crippen LogP contribution is 2.59. The Bertz CT molecular complexity index is 924. The fourth-order valence-electron chi connectivity index (χ4n) is 5.64. The minimum absolute atomic E-state index is 0.118. The van der Waals surface area contributed by atoms with Crippen LogP contribution in [0.1, 0.15) is 33.6 Å². The van der Waals surface area contributed by atoms with Crippen LogP contribution in [-0.4, -0.2) is 64.8 Å². The van der Waals surface area contributed by atoms with Gasteiger partial charge in [0.2, 0.25) is 11.8 Å². The first-order chi connectivity index (χ1) is 15.3. The Kier molecular flexibility index (Phi) is 6.22. The number of hydrogen-bond donors (Lipinski definition) is 2. The van der Waals surface area contributed by atoms with Crippen molar-refractivity contribution in [2.24, 2.45) is 17.8 Å². The number of aliphatic hydroxyl groups excluding tert-OH is 1. The first-order valence-electron chi connectivity index (χ1n) is 11.1. The molecular weight excluding hydrogens is 436 g/mol. The molecule has 4 rings (SSSR count). The second kappa shape index (κ2) is 8.65. The molecule has 6 atom stereocenters. The van der Waals surface area contributed by atoms with Gasteiger partial charge in [-0.05, 0) is 37.8 Å². The van der Waals surface area contributed by atoms with Crippen LogP contribution in [-0.2, 0) is 23.9 Å². The van der Waals surface area contributed by atoms with Gasteiger partial charge < -0.3 is 24.8 Å². The predicted octanol–water partition coefficient (Wildman–Crippen LogP) is 2.23. The lowest BCUT2D eigenvalue weighted by molar-refractivity contribution is -0.155. The Balaban J connectivity index is 1.76. The van der Waals surface area contributed by atoms with Crippen molar-refractivity contribution in [1.82, 2.24) is 4.90 Å². The maximum Gasteiger partial charge on any atom is 0.312 e. The molecule has 0 saturated carbocycles. The highest BCUT2D eigenvalue weighted by molar-refractivity contribution is 6.33. The summed E-state index contributed by atoms with van der Waals surface area (Å²) in [5, 5.41) is 13.3. The van der Waals surface area contributed by atoms with Crippen molar-refractivity contribution in [3.05, 3.63) is 29.3 Å². The third-order valence-electron chi connectivity index (χ3n) is 6.99. The molecule has 9 heteroatoms. The molecule has 3 saturated heterocycles. The van der Waals surface area contributed by atoms with Gasteiger partial charge in [0, 0.05) is 0 Å². The van der Waals surface area contributed by atoms with Gasteiger partial charge in [0.1, 0.15) is 11.6 Å². The van der Waals surface area contributed by atoms with Gasteiger partial charge in [-0.3, -0.25) is 14.4 Å². The molecule has 3 aliphatic rings. The summed E-state index contributed by atoms with van der Waals surface area (Å²) >= 11 is 6.24. The Morgan fingerprint density at radius 2 is 2.09 bits per heavy atom. The molecule has 3 heterocycles. The summed E-state index contributed by atoms with van der Waals surface area (Å²) in [5.74, 6) is -2.98. The largest absolute Gasteiger partial charge is 0.466 e. The molecule has 1 aromatic rings. The summed E-state index contributed by atoms with van der Waals surface area (Å²) < 4.78 is 11.6. The summed E-state index contributed by atoms with van der Waals surface area (Å²) in [6.45, 7) is 5.36. The van der Waals surface area contributed by atoms with Gasteiger partial charge >= 0.3 is 5.97 Å². The molecule has 2 amide bonds. The summed E-state index contributed by atoms with van der Waals surface area (Å²) in [6, 6.07) is 5.24. The Morgan fingerprint density at radius 3 is 2.72 bits per heavy atom. The van der Waals surface area contributed by atoms with Crippen LogP contribution in [0.2, 0.25) is 5.02 Å². The normalized spacial score (nSPS) is 31.7. The van der Waals surface area contributed by atoms with Crippen molar-refractivity contribution < 1.29 is 29.0 Å². The lowest BCUT2D eigenvalue weighted by Gasteiger charge is -2.38. The number of nitrogens with one attached hydrogen (secondary N) is 1. The van der Waals surface area contributed by atoms with Gasteiger partial charge in [-0.1, -0.05) is 37.6 Å². The van der Waals surface area contributed by atoms with Gasteiger partial charge in [-0.15, -0.1) is 0 Å². The lowest BCUT2D eigenvalue weighted by Crippen LogP contribution is -2.57. The van der Waals surface area contributed by atoms with E-state index in [1.165, 1.54) is 4.90 Å². The van der Waals surface area contributed by atoms with Crippen LogP contribution in [0.3, 0.4) is 0 Å². The number of anilines is 1. The number of hydrogen-bond acceptors (Lipinski definition) is 6. The molecule has 0 radical (unpaired) electrons. The van der Waals surface area contributed by atoms with Gasteiger partial charge in [0.15, 0.2) is 0 Å².